The van der Waals surface area contributed by atoms with Crippen LogP contribution in [0.15, 0.2) is 30.3 Å². The van der Waals surface area contributed by atoms with Crippen molar-refractivity contribution in [3.8, 4) is 0 Å². The molecule has 100 valence electrons. The van der Waals surface area contributed by atoms with Gasteiger partial charge in [-0.3, -0.25) is 4.79 Å². The Balaban J connectivity index is 2.77. The Morgan fingerprint density at radius 3 is 2.28 bits per heavy atom. The van der Waals surface area contributed by atoms with E-state index in [9.17, 15) is 9.90 Å². The minimum absolute atomic E-state index is 0.440. The molecule has 0 saturated heterocycles. The zero-order valence-electron chi connectivity index (χ0n) is 11.5. The van der Waals surface area contributed by atoms with Crippen LogP contribution < -0.4 is 0 Å². The highest BCUT2D eigenvalue weighted by Crippen LogP contribution is 2.18. The first-order valence-electron chi connectivity index (χ1n) is 6.54. The highest BCUT2D eigenvalue weighted by Gasteiger charge is 2.22. The van der Waals surface area contributed by atoms with Crippen molar-refractivity contribution in [2.24, 2.45) is 5.92 Å². The van der Waals surface area contributed by atoms with Crippen LogP contribution in [-0.4, -0.2) is 35.6 Å². The van der Waals surface area contributed by atoms with Gasteiger partial charge in [0.2, 0.25) is 0 Å². The summed E-state index contributed by atoms with van der Waals surface area (Å²) in [6.45, 7) is 8.78. The SMILES string of the molecule is CCN(CC(C)C)CC(C(=O)O)c1ccccc1. The molecule has 0 saturated carbocycles. The van der Waals surface area contributed by atoms with Gasteiger partial charge in [-0.1, -0.05) is 51.1 Å². The predicted molar refractivity (Wildman–Crippen MR) is 73.8 cm³/mol. The summed E-state index contributed by atoms with van der Waals surface area (Å²) in [4.78, 5) is 13.6. The maximum Gasteiger partial charge on any atom is 0.312 e. The monoisotopic (exact) mass is 249 g/mol. The normalized spacial score (nSPS) is 12.9. The minimum atomic E-state index is -0.747. The smallest absolute Gasteiger partial charge is 0.312 e. The molecule has 3 nitrogen and oxygen atoms in total. The number of carbonyl (C=O) groups is 1. The first-order chi connectivity index (χ1) is 8.54. The van der Waals surface area contributed by atoms with Crippen molar-refractivity contribution < 1.29 is 9.90 Å². The number of carboxylic acid groups (broad SMARTS) is 1. The Morgan fingerprint density at radius 2 is 1.83 bits per heavy atom. The van der Waals surface area contributed by atoms with Gasteiger partial charge < -0.3 is 10.0 Å². The number of hydrogen-bond donors (Lipinski definition) is 1. The Labute approximate surface area is 109 Å². The highest BCUT2D eigenvalue weighted by atomic mass is 16.4. The molecule has 0 aromatic heterocycles. The summed E-state index contributed by atoms with van der Waals surface area (Å²) in [5.74, 6) is -0.636. The van der Waals surface area contributed by atoms with Gasteiger partial charge in [-0.25, -0.2) is 0 Å². The number of aliphatic carboxylic acids is 1. The molecule has 0 fully saturated rings. The van der Waals surface area contributed by atoms with E-state index in [-0.39, 0.29) is 0 Å². The van der Waals surface area contributed by atoms with Gasteiger partial charge in [-0.05, 0) is 18.0 Å². The average molecular weight is 249 g/mol. The zero-order chi connectivity index (χ0) is 13.5. The van der Waals surface area contributed by atoms with E-state index in [1.807, 2.05) is 30.3 Å². The molecule has 0 bridgehead atoms. The third kappa shape index (κ3) is 4.49. The second-order valence-electron chi connectivity index (χ2n) is 5.05. The summed E-state index contributed by atoms with van der Waals surface area (Å²) in [5, 5.41) is 9.38. The minimum Gasteiger partial charge on any atom is -0.481 e. The van der Waals surface area contributed by atoms with Gasteiger partial charge in [0.25, 0.3) is 0 Å². The third-order valence-electron chi connectivity index (χ3n) is 3.01. The van der Waals surface area contributed by atoms with Crippen molar-refractivity contribution in [1.29, 1.82) is 0 Å². The van der Waals surface area contributed by atoms with E-state index >= 15 is 0 Å². The maximum atomic E-state index is 11.4. The molecule has 1 N–H and O–H groups in total. The molecule has 1 atom stereocenters. The van der Waals surface area contributed by atoms with Crippen LogP contribution in [0.3, 0.4) is 0 Å². The number of rotatable bonds is 7. The Bertz CT molecular complexity index is 362. The van der Waals surface area contributed by atoms with Gasteiger partial charge in [0.05, 0.1) is 5.92 Å². The second kappa shape index (κ2) is 7.17. The molecule has 1 unspecified atom stereocenters. The van der Waals surface area contributed by atoms with Gasteiger partial charge in [0, 0.05) is 13.1 Å². The Kier molecular flexibility index (Phi) is 5.86. The summed E-state index contributed by atoms with van der Waals surface area (Å²) >= 11 is 0. The van der Waals surface area contributed by atoms with E-state index in [0.717, 1.165) is 18.7 Å². The Morgan fingerprint density at radius 1 is 1.22 bits per heavy atom. The molecule has 0 aliphatic carbocycles. The van der Waals surface area contributed by atoms with Crippen molar-refractivity contribution in [2.75, 3.05) is 19.6 Å². The fourth-order valence-electron chi connectivity index (χ4n) is 2.12. The van der Waals surface area contributed by atoms with E-state index in [1.165, 1.54) is 0 Å². The van der Waals surface area contributed by atoms with E-state index in [0.29, 0.717) is 12.5 Å². The molecule has 1 aromatic carbocycles. The van der Waals surface area contributed by atoms with Crippen molar-refractivity contribution in [3.63, 3.8) is 0 Å². The lowest BCUT2D eigenvalue weighted by Crippen LogP contribution is -2.34. The molecule has 1 rings (SSSR count). The van der Waals surface area contributed by atoms with Gasteiger partial charge >= 0.3 is 5.97 Å². The maximum absolute atomic E-state index is 11.4. The van der Waals surface area contributed by atoms with E-state index in [1.54, 1.807) is 0 Å². The standard InChI is InChI=1S/C15H23NO2/c1-4-16(10-12(2)3)11-14(15(17)18)13-8-6-5-7-9-13/h5-9,12,14H,4,10-11H2,1-3H3,(H,17,18). The largest absolute Gasteiger partial charge is 0.481 e. The number of carboxylic acids is 1. The van der Waals surface area contributed by atoms with Crippen LogP contribution in [0.5, 0.6) is 0 Å². The van der Waals surface area contributed by atoms with Crippen LogP contribution in [0.4, 0.5) is 0 Å². The fourth-order valence-corrected chi connectivity index (χ4v) is 2.12. The van der Waals surface area contributed by atoms with Crippen LogP contribution in [0.25, 0.3) is 0 Å². The van der Waals surface area contributed by atoms with Gasteiger partial charge in [0.15, 0.2) is 0 Å². The van der Waals surface area contributed by atoms with Gasteiger partial charge in [0.1, 0.15) is 0 Å². The van der Waals surface area contributed by atoms with Crippen molar-refractivity contribution in [1.82, 2.24) is 4.90 Å². The third-order valence-corrected chi connectivity index (χ3v) is 3.01. The van der Waals surface area contributed by atoms with Crippen molar-refractivity contribution >= 4 is 5.97 Å². The van der Waals surface area contributed by atoms with Crippen molar-refractivity contribution in [2.45, 2.75) is 26.7 Å². The number of benzene rings is 1. The molecule has 0 amide bonds. The Hall–Kier alpha value is -1.35. The van der Waals surface area contributed by atoms with Crippen LogP contribution in [0.1, 0.15) is 32.3 Å². The molecule has 3 heteroatoms. The number of nitrogens with zero attached hydrogens (tertiary/aromatic N) is 1. The lowest BCUT2D eigenvalue weighted by atomic mass is 9.98. The molecule has 18 heavy (non-hydrogen) atoms. The van der Waals surface area contributed by atoms with Gasteiger partial charge in [-0.2, -0.15) is 0 Å². The van der Waals surface area contributed by atoms with Gasteiger partial charge in [-0.15, -0.1) is 0 Å². The average Bonchev–Trinajstić information content (AvgIpc) is 2.34. The first-order valence-corrected chi connectivity index (χ1v) is 6.54. The first kappa shape index (κ1) is 14.7. The molecular weight excluding hydrogens is 226 g/mol. The predicted octanol–water partition coefficient (Wildman–Crippen LogP) is 2.83. The van der Waals surface area contributed by atoms with Crippen LogP contribution in [-0.2, 0) is 4.79 Å². The zero-order valence-corrected chi connectivity index (χ0v) is 11.5. The molecule has 0 aliphatic heterocycles. The molecule has 0 spiro atoms. The van der Waals surface area contributed by atoms with Crippen LogP contribution in [0, 0.1) is 5.92 Å². The quantitative estimate of drug-likeness (QED) is 0.807. The van der Waals surface area contributed by atoms with Crippen LogP contribution >= 0.6 is 0 Å². The van der Waals surface area contributed by atoms with Crippen molar-refractivity contribution in [3.05, 3.63) is 35.9 Å². The fraction of sp³-hybridized carbons (Fsp3) is 0.533. The summed E-state index contributed by atoms with van der Waals surface area (Å²) in [7, 11) is 0. The number of likely N-dealkylation sites (N-methyl/N-ethyl adjacent to an activating group) is 1. The van der Waals surface area contributed by atoms with E-state index in [4.69, 9.17) is 0 Å². The highest BCUT2D eigenvalue weighted by molar-refractivity contribution is 5.76. The second-order valence-corrected chi connectivity index (χ2v) is 5.05. The lowest BCUT2D eigenvalue weighted by molar-refractivity contribution is -0.139. The molecule has 0 aliphatic rings. The topological polar surface area (TPSA) is 40.5 Å². The van der Waals surface area contributed by atoms with E-state index in [2.05, 4.69) is 25.7 Å². The summed E-state index contributed by atoms with van der Waals surface area (Å²) in [6, 6.07) is 9.48. The molecular formula is C15H23NO2. The summed E-state index contributed by atoms with van der Waals surface area (Å²) in [6.07, 6.45) is 0. The molecule has 0 radical (unpaired) electrons. The number of hydrogen-bond acceptors (Lipinski definition) is 2. The van der Waals surface area contributed by atoms with Crippen LogP contribution in [0.2, 0.25) is 0 Å². The molecule has 1 aromatic rings. The lowest BCUT2D eigenvalue weighted by Gasteiger charge is -2.26. The molecule has 0 heterocycles. The summed E-state index contributed by atoms with van der Waals surface area (Å²) in [5.41, 5.74) is 0.882. The summed E-state index contributed by atoms with van der Waals surface area (Å²) < 4.78 is 0. The van der Waals surface area contributed by atoms with E-state index < -0.39 is 11.9 Å².